The topological polar surface area (TPSA) is 87.6 Å². The Morgan fingerprint density at radius 3 is 2.88 bits per heavy atom. The van der Waals surface area contributed by atoms with Gasteiger partial charge in [0.05, 0.1) is 24.6 Å². The minimum atomic E-state index is -1.19. The van der Waals surface area contributed by atoms with Crippen LogP contribution in [-0.4, -0.2) is 58.2 Å². The molecule has 1 aromatic heterocycles. The number of aromatic nitrogens is 2. The van der Waals surface area contributed by atoms with E-state index in [-0.39, 0.29) is 24.9 Å². The third-order valence-electron chi connectivity index (χ3n) is 4.05. The Balaban J connectivity index is 1.60. The average Bonchev–Trinajstić information content (AvgIpc) is 3.02. The summed E-state index contributed by atoms with van der Waals surface area (Å²) in [6, 6.07) is 5.71. The maximum atomic E-state index is 13.2. The first kappa shape index (κ1) is 17.1. The van der Waals surface area contributed by atoms with Gasteiger partial charge in [-0.2, -0.15) is 0 Å². The lowest BCUT2D eigenvalue weighted by Gasteiger charge is -2.23. The molecular weight excluding hydrogens is 327 g/mol. The van der Waals surface area contributed by atoms with E-state index >= 15 is 0 Å². The van der Waals surface area contributed by atoms with Gasteiger partial charge < -0.3 is 20.1 Å². The van der Waals surface area contributed by atoms with Crippen LogP contribution in [0.1, 0.15) is 17.0 Å². The fourth-order valence-corrected chi connectivity index (χ4v) is 2.63. The molecule has 0 saturated carbocycles. The highest BCUT2D eigenvalue weighted by Crippen LogP contribution is 2.24. The fourth-order valence-electron chi connectivity index (χ4n) is 2.63. The van der Waals surface area contributed by atoms with Gasteiger partial charge in [0.25, 0.3) is 5.91 Å². The maximum absolute atomic E-state index is 13.2. The highest BCUT2D eigenvalue weighted by molar-refractivity contribution is 5.90. The van der Waals surface area contributed by atoms with E-state index in [2.05, 4.69) is 15.3 Å². The van der Waals surface area contributed by atoms with Crippen LogP contribution in [0.15, 0.2) is 36.7 Å². The summed E-state index contributed by atoms with van der Waals surface area (Å²) in [6.07, 6.45) is 3.41. The maximum Gasteiger partial charge on any atom is 0.291 e. The van der Waals surface area contributed by atoms with Crippen LogP contribution < -0.4 is 10.1 Å². The number of β-amino-alcohol motifs (C(OH)–C–C–N with tert-alkyl or cyclic N) is 1. The Bertz CT molecular complexity index is 756. The second-order valence-electron chi connectivity index (χ2n) is 5.99. The normalized spacial score (nSPS) is 19.7. The molecule has 1 aliphatic rings. The number of hydrogen-bond acceptors (Lipinski definition) is 6. The van der Waals surface area contributed by atoms with E-state index in [1.54, 1.807) is 13.1 Å². The molecule has 3 rings (SSSR count). The van der Waals surface area contributed by atoms with Crippen molar-refractivity contribution >= 4 is 11.6 Å². The van der Waals surface area contributed by atoms with Crippen molar-refractivity contribution in [2.75, 3.05) is 32.1 Å². The van der Waals surface area contributed by atoms with Crippen LogP contribution in [-0.2, 0) is 0 Å². The van der Waals surface area contributed by atoms with Crippen LogP contribution in [0.3, 0.4) is 0 Å². The van der Waals surface area contributed by atoms with E-state index in [1.807, 2.05) is 0 Å². The Kier molecular flexibility index (Phi) is 4.80. The number of carbonyl (C=O) groups is 1. The van der Waals surface area contributed by atoms with Gasteiger partial charge >= 0.3 is 0 Å². The zero-order chi connectivity index (χ0) is 17.9. The lowest BCUT2D eigenvalue weighted by Crippen LogP contribution is -2.41. The molecule has 8 heteroatoms. The Morgan fingerprint density at radius 2 is 2.20 bits per heavy atom. The molecule has 2 N–H and O–H groups in total. The standard InChI is InChI=1S/C17H19FN4O3/c1-19-13-8-20-15(21-9-13)16(23)22-6-5-17(24,10-22)11-25-14-4-2-3-12(18)7-14/h2-4,7-9,19,24H,5-6,10-11H2,1H3. The molecule has 1 amide bonds. The molecule has 1 saturated heterocycles. The first-order valence-corrected chi connectivity index (χ1v) is 7.89. The van der Waals surface area contributed by atoms with Crippen LogP contribution >= 0.6 is 0 Å². The third-order valence-corrected chi connectivity index (χ3v) is 4.05. The van der Waals surface area contributed by atoms with Crippen molar-refractivity contribution in [2.45, 2.75) is 12.0 Å². The van der Waals surface area contributed by atoms with Crippen molar-refractivity contribution in [3.05, 3.63) is 48.3 Å². The first-order chi connectivity index (χ1) is 12.0. The van der Waals surface area contributed by atoms with E-state index in [1.165, 1.54) is 35.5 Å². The predicted octanol–water partition coefficient (Wildman–Crippen LogP) is 1.31. The predicted molar refractivity (Wildman–Crippen MR) is 88.9 cm³/mol. The molecule has 1 fully saturated rings. The molecule has 7 nitrogen and oxygen atoms in total. The summed E-state index contributed by atoms with van der Waals surface area (Å²) in [6.45, 7) is 0.455. The minimum Gasteiger partial charge on any atom is -0.490 e. The molecule has 0 aliphatic carbocycles. The van der Waals surface area contributed by atoms with Crippen LogP contribution in [0.4, 0.5) is 10.1 Å². The van der Waals surface area contributed by atoms with Gasteiger partial charge in [-0.05, 0) is 18.6 Å². The summed E-state index contributed by atoms with van der Waals surface area (Å²) in [5, 5.41) is 13.5. The zero-order valence-electron chi connectivity index (χ0n) is 13.8. The van der Waals surface area contributed by atoms with Crippen LogP contribution in [0.2, 0.25) is 0 Å². The van der Waals surface area contributed by atoms with Gasteiger partial charge in [-0.1, -0.05) is 6.07 Å². The van der Waals surface area contributed by atoms with Gasteiger partial charge in [0, 0.05) is 19.7 Å². The molecule has 1 unspecified atom stereocenters. The summed E-state index contributed by atoms with van der Waals surface area (Å²) in [7, 11) is 1.74. The van der Waals surface area contributed by atoms with E-state index in [9.17, 15) is 14.3 Å². The van der Waals surface area contributed by atoms with Crippen LogP contribution in [0.5, 0.6) is 5.75 Å². The molecule has 2 aromatic rings. The van der Waals surface area contributed by atoms with Crippen molar-refractivity contribution in [2.24, 2.45) is 0 Å². The number of anilines is 1. The summed E-state index contributed by atoms with van der Waals surface area (Å²) < 4.78 is 18.6. The van der Waals surface area contributed by atoms with Crippen molar-refractivity contribution in [3.8, 4) is 5.75 Å². The number of hydrogen-bond donors (Lipinski definition) is 2. The van der Waals surface area contributed by atoms with E-state index < -0.39 is 11.4 Å². The molecule has 1 atom stereocenters. The molecule has 1 aliphatic heterocycles. The smallest absolute Gasteiger partial charge is 0.291 e. The SMILES string of the molecule is CNc1cnc(C(=O)N2CCC(O)(COc3cccc(F)c3)C2)nc1. The van der Waals surface area contributed by atoms with E-state index in [4.69, 9.17) is 4.74 Å². The molecule has 0 bridgehead atoms. The van der Waals surface area contributed by atoms with Crippen molar-refractivity contribution in [3.63, 3.8) is 0 Å². The van der Waals surface area contributed by atoms with Gasteiger partial charge in [0.1, 0.15) is 23.8 Å². The number of ether oxygens (including phenoxy) is 1. The van der Waals surface area contributed by atoms with Crippen LogP contribution in [0, 0.1) is 5.82 Å². The number of likely N-dealkylation sites (tertiary alicyclic amines) is 1. The quantitative estimate of drug-likeness (QED) is 0.849. The lowest BCUT2D eigenvalue weighted by molar-refractivity contribution is 0.00411. The summed E-state index contributed by atoms with van der Waals surface area (Å²) in [5.41, 5.74) is -0.481. The molecule has 2 heterocycles. The van der Waals surface area contributed by atoms with Crippen molar-refractivity contribution in [1.29, 1.82) is 0 Å². The average molecular weight is 346 g/mol. The summed E-state index contributed by atoms with van der Waals surface area (Å²) in [5.74, 6) is -0.335. The van der Waals surface area contributed by atoms with Crippen molar-refractivity contribution in [1.82, 2.24) is 14.9 Å². The highest BCUT2D eigenvalue weighted by atomic mass is 19.1. The number of carbonyl (C=O) groups excluding carboxylic acids is 1. The number of aliphatic hydroxyl groups is 1. The fraction of sp³-hybridized carbons (Fsp3) is 0.353. The number of nitrogens with zero attached hydrogens (tertiary/aromatic N) is 3. The van der Waals surface area contributed by atoms with Crippen molar-refractivity contribution < 1.29 is 19.0 Å². The van der Waals surface area contributed by atoms with Gasteiger partial charge in [0.2, 0.25) is 5.82 Å². The molecule has 0 spiro atoms. The highest BCUT2D eigenvalue weighted by Gasteiger charge is 2.39. The number of benzene rings is 1. The second kappa shape index (κ2) is 7.02. The molecule has 0 radical (unpaired) electrons. The monoisotopic (exact) mass is 346 g/mol. The lowest BCUT2D eigenvalue weighted by atomic mass is 10.1. The number of amides is 1. The minimum absolute atomic E-state index is 0.0280. The number of nitrogens with one attached hydrogen (secondary N) is 1. The summed E-state index contributed by atoms with van der Waals surface area (Å²) in [4.78, 5) is 22.0. The van der Waals surface area contributed by atoms with Gasteiger partial charge in [-0.15, -0.1) is 0 Å². The Labute approximate surface area is 144 Å². The first-order valence-electron chi connectivity index (χ1n) is 7.89. The van der Waals surface area contributed by atoms with E-state index in [0.717, 1.165) is 0 Å². The van der Waals surface area contributed by atoms with Gasteiger partial charge in [-0.3, -0.25) is 4.79 Å². The molecule has 1 aromatic carbocycles. The molecule has 132 valence electrons. The number of halogens is 1. The molecule has 25 heavy (non-hydrogen) atoms. The molecular formula is C17H19FN4O3. The third kappa shape index (κ3) is 4.03. The van der Waals surface area contributed by atoms with Gasteiger partial charge in [-0.25, -0.2) is 14.4 Å². The zero-order valence-corrected chi connectivity index (χ0v) is 13.8. The number of rotatable bonds is 5. The Morgan fingerprint density at radius 1 is 1.44 bits per heavy atom. The largest absolute Gasteiger partial charge is 0.490 e. The van der Waals surface area contributed by atoms with Gasteiger partial charge in [0.15, 0.2) is 0 Å². The summed E-state index contributed by atoms with van der Waals surface area (Å²) >= 11 is 0. The Hall–Kier alpha value is -2.74. The second-order valence-corrected chi connectivity index (χ2v) is 5.99. The van der Waals surface area contributed by atoms with E-state index in [0.29, 0.717) is 24.4 Å². The van der Waals surface area contributed by atoms with Crippen LogP contribution in [0.25, 0.3) is 0 Å².